The highest BCUT2D eigenvalue weighted by Crippen LogP contribution is 2.25. The molecule has 0 radical (unpaired) electrons. The van der Waals surface area contributed by atoms with Gasteiger partial charge in [0, 0.05) is 22.3 Å². The Morgan fingerprint density at radius 3 is 2.85 bits per heavy atom. The summed E-state index contributed by atoms with van der Waals surface area (Å²) in [7, 11) is 0. The second-order valence-electron chi connectivity index (χ2n) is 4.57. The third kappa shape index (κ3) is 3.77. The fourth-order valence-corrected chi connectivity index (χ4v) is 2.56. The Hall–Kier alpha value is -1.46. The number of halogens is 2. The number of nitrogens with two attached hydrogens (primary N) is 1. The number of rotatable bonds is 5. The zero-order valence-electron chi connectivity index (χ0n) is 11.2. The Morgan fingerprint density at radius 2 is 2.15 bits per heavy atom. The summed E-state index contributed by atoms with van der Waals surface area (Å²) in [5.41, 5.74) is 7.37. The van der Waals surface area contributed by atoms with E-state index >= 15 is 0 Å². The van der Waals surface area contributed by atoms with E-state index in [0.29, 0.717) is 17.8 Å². The predicted molar refractivity (Wildman–Crippen MR) is 82.9 cm³/mol. The van der Waals surface area contributed by atoms with Crippen LogP contribution in [0.4, 0.5) is 10.2 Å². The van der Waals surface area contributed by atoms with Crippen molar-refractivity contribution in [2.75, 3.05) is 12.3 Å². The molecule has 0 amide bonds. The SMILES string of the molecule is CCNC(Cc1ccnc(N)c1)c1cc(Br)ccc1F. The highest BCUT2D eigenvalue weighted by Gasteiger charge is 2.16. The number of aromatic nitrogens is 1. The summed E-state index contributed by atoms with van der Waals surface area (Å²) in [6.45, 7) is 2.76. The lowest BCUT2D eigenvalue weighted by atomic mass is 9.99. The van der Waals surface area contributed by atoms with Crippen LogP contribution in [0.3, 0.4) is 0 Å². The maximum atomic E-state index is 14.0. The molecule has 20 heavy (non-hydrogen) atoms. The molecule has 0 saturated carbocycles. The number of anilines is 1. The maximum absolute atomic E-state index is 14.0. The lowest BCUT2D eigenvalue weighted by Crippen LogP contribution is -2.24. The maximum Gasteiger partial charge on any atom is 0.128 e. The Labute approximate surface area is 126 Å². The zero-order chi connectivity index (χ0) is 14.5. The van der Waals surface area contributed by atoms with Crippen LogP contribution >= 0.6 is 15.9 Å². The van der Waals surface area contributed by atoms with Crippen molar-refractivity contribution in [1.29, 1.82) is 0 Å². The third-order valence-corrected chi connectivity index (χ3v) is 3.56. The van der Waals surface area contributed by atoms with Crippen LogP contribution in [0.1, 0.15) is 24.1 Å². The summed E-state index contributed by atoms with van der Waals surface area (Å²) in [4.78, 5) is 3.97. The highest BCUT2D eigenvalue weighted by molar-refractivity contribution is 9.10. The first-order valence-electron chi connectivity index (χ1n) is 6.49. The van der Waals surface area contributed by atoms with Gasteiger partial charge in [-0.25, -0.2) is 9.37 Å². The minimum absolute atomic E-state index is 0.0979. The number of likely N-dealkylation sites (N-methyl/N-ethyl adjacent to an activating group) is 1. The lowest BCUT2D eigenvalue weighted by molar-refractivity contribution is 0.509. The van der Waals surface area contributed by atoms with E-state index in [0.717, 1.165) is 16.6 Å². The minimum atomic E-state index is -0.207. The molecule has 0 aliphatic carbocycles. The van der Waals surface area contributed by atoms with Gasteiger partial charge in [0.1, 0.15) is 11.6 Å². The summed E-state index contributed by atoms with van der Waals surface area (Å²) >= 11 is 3.39. The molecule has 2 aromatic rings. The van der Waals surface area contributed by atoms with Crippen LogP contribution in [-0.2, 0) is 6.42 Å². The van der Waals surface area contributed by atoms with Crippen molar-refractivity contribution in [1.82, 2.24) is 10.3 Å². The van der Waals surface area contributed by atoms with Crippen molar-refractivity contribution in [3.05, 3.63) is 57.9 Å². The largest absolute Gasteiger partial charge is 0.384 e. The van der Waals surface area contributed by atoms with Gasteiger partial charge in [0.2, 0.25) is 0 Å². The molecule has 0 spiro atoms. The first-order valence-corrected chi connectivity index (χ1v) is 7.28. The molecule has 3 N–H and O–H groups in total. The Kier molecular flexibility index (Phi) is 5.09. The summed E-state index contributed by atoms with van der Waals surface area (Å²) in [6, 6.07) is 8.61. The molecule has 0 aliphatic rings. The number of hydrogen-bond acceptors (Lipinski definition) is 3. The standard InChI is InChI=1S/C15H17BrFN3/c1-2-19-14(7-10-5-6-20-15(18)8-10)12-9-11(16)3-4-13(12)17/h3-6,8-9,14,19H,2,7H2,1H3,(H2,18,20). The average Bonchev–Trinajstić information content (AvgIpc) is 2.41. The van der Waals surface area contributed by atoms with Crippen LogP contribution in [0.25, 0.3) is 0 Å². The first kappa shape index (κ1) is 14.9. The van der Waals surface area contributed by atoms with Gasteiger partial charge >= 0.3 is 0 Å². The van der Waals surface area contributed by atoms with Crippen LogP contribution < -0.4 is 11.1 Å². The summed E-state index contributed by atoms with van der Waals surface area (Å²) in [6.07, 6.45) is 2.33. The quantitative estimate of drug-likeness (QED) is 0.878. The van der Waals surface area contributed by atoms with Gasteiger partial charge in [-0.2, -0.15) is 0 Å². The van der Waals surface area contributed by atoms with E-state index in [4.69, 9.17) is 5.73 Å². The molecule has 1 heterocycles. The fourth-order valence-electron chi connectivity index (χ4n) is 2.18. The molecule has 1 unspecified atom stereocenters. The molecule has 1 aromatic carbocycles. The Bertz CT molecular complexity index is 589. The molecular formula is C15H17BrFN3. The Morgan fingerprint density at radius 1 is 1.35 bits per heavy atom. The lowest BCUT2D eigenvalue weighted by Gasteiger charge is -2.19. The van der Waals surface area contributed by atoms with Crippen molar-refractivity contribution in [3.63, 3.8) is 0 Å². The number of nitrogen functional groups attached to an aromatic ring is 1. The topological polar surface area (TPSA) is 50.9 Å². The van der Waals surface area contributed by atoms with Crippen molar-refractivity contribution < 1.29 is 4.39 Å². The minimum Gasteiger partial charge on any atom is -0.384 e. The number of benzene rings is 1. The van der Waals surface area contributed by atoms with Crippen molar-refractivity contribution in [2.45, 2.75) is 19.4 Å². The van der Waals surface area contributed by atoms with Crippen LogP contribution in [0.5, 0.6) is 0 Å². The molecule has 1 aromatic heterocycles. The fraction of sp³-hybridized carbons (Fsp3) is 0.267. The second-order valence-corrected chi connectivity index (χ2v) is 5.48. The zero-order valence-corrected chi connectivity index (χ0v) is 12.8. The van der Waals surface area contributed by atoms with Gasteiger partial charge < -0.3 is 11.1 Å². The summed E-state index contributed by atoms with van der Waals surface area (Å²) in [5.74, 6) is 0.272. The number of nitrogens with zero attached hydrogens (tertiary/aromatic N) is 1. The Balaban J connectivity index is 2.29. The van der Waals surface area contributed by atoms with Gasteiger partial charge in [0.05, 0.1) is 0 Å². The highest BCUT2D eigenvalue weighted by atomic mass is 79.9. The van der Waals surface area contributed by atoms with Gasteiger partial charge in [-0.05, 0) is 48.9 Å². The molecule has 0 fully saturated rings. The predicted octanol–water partition coefficient (Wildman–Crippen LogP) is 3.46. The van der Waals surface area contributed by atoms with Gasteiger partial charge in [-0.1, -0.05) is 22.9 Å². The number of hydrogen-bond donors (Lipinski definition) is 2. The monoisotopic (exact) mass is 337 g/mol. The van der Waals surface area contributed by atoms with E-state index in [-0.39, 0.29) is 11.9 Å². The summed E-state index contributed by atoms with van der Waals surface area (Å²) < 4.78 is 14.9. The van der Waals surface area contributed by atoms with Crippen LogP contribution in [0.15, 0.2) is 41.0 Å². The molecule has 0 bridgehead atoms. The average molecular weight is 338 g/mol. The molecule has 5 heteroatoms. The van der Waals surface area contributed by atoms with E-state index in [1.165, 1.54) is 6.07 Å². The van der Waals surface area contributed by atoms with Gasteiger partial charge in [-0.15, -0.1) is 0 Å². The van der Waals surface area contributed by atoms with Crippen molar-refractivity contribution in [3.8, 4) is 0 Å². The van der Waals surface area contributed by atoms with E-state index in [2.05, 4.69) is 26.2 Å². The number of nitrogens with one attached hydrogen (secondary N) is 1. The third-order valence-electron chi connectivity index (χ3n) is 3.07. The molecule has 106 valence electrons. The van der Waals surface area contributed by atoms with E-state index in [1.54, 1.807) is 12.3 Å². The van der Waals surface area contributed by atoms with Gasteiger partial charge in [0.15, 0.2) is 0 Å². The molecule has 2 rings (SSSR count). The van der Waals surface area contributed by atoms with Gasteiger partial charge in [-0.3, -0.25) is 0 Å². The molecular weight excluding hydrogens is 321 g/mol. The smallest absolute Gasteiger partial charge is 0.128 e. The van der Waals surface area contributed by atoms with Crippen LogP contribution in [-0.4, -0.2) is 11.5 Å². The molecule has 0 saturated heterocycles. The van der Waals surface area contributed by atoms with E-state index < -0.39 is 0 Å². The molecule has 3 nitrogen and oxygen atoms in total. The van der Waals surface area contributed by atoms with Crippen molar-refractivity contribution >= 4 is 21.7 Å². The van der Waals surface area contributed by atoms with E-state index in [9.17, 15) is 4.39 Å². The first-order chi connectivity index (χ1) is 9.60. The van der Waals surface area contributed by atoms with Crippen molar-refractivity contribution in [2.24, 2.45) is 0 Å². The van der Waals surface area contributed by atoms with Gasteiger partial charge in [0.25, 0.3) is 0 Å². The normalized spacial score (nSPS) is 12.3. The van der Waals surface area contributed by atoms with Crippen LogP contribution in [0.2, 0.25) is 0 Å². The van der Waals surface area contributed by atoms with E-state index in [1.807, 2.05) is 25.1 Å². The van der Waals surface area contributed by atoms with Crippen LogP contribution in [0, 0.1) is 5.82 Å². The number of pyridine rings is 1. The molecule has 1 atom stereocenters. The molecule has 0 aliphatic heterocycles. The second kappa shape index (κ2) is 6.81. The summed E-state index contributed by atoms with van der Waals surface area (Å²) in [5, 5.41) is 3.31.